The molecule has 30 heavy (non-hydrogen) atoms. The molecule has 0 radical (unpaired) electrons. The second-order valence-corrected chi connectivity index (χ2v) is 7.46. The van der Waals surface area contributed by atoms with Gasteiger partial charge in [0.1, 0.15) is 5.82 Å². The van der Waals surface area contributed by atoms with E-state index < -0.39 is 11.8 Å². The van der Waals surface area contributed by atoms with Crippen molar-refractivity contribution in [2.45, 2.75) is 25.5 Å². The van der Waals surface area contributed by atoms with E-state index in [2.05, 4.69) is 21.8 Å². The quantitative estimate of drug-likeness (QED) is 0.253. The van der Waals surface area contributed by atoms with E-state index in [9.17, 15) is 14.0 Å². The molecule has 3 aromatic rings. The smallest absolute Gasteiger partial charge is 0.339 e. The first-order valence-electron chi connectivity index (χ1n) is 9.11. The maximum atomic E-state index is 14.2. The molecule has 0 aliphatic heterocycles. The minimum Gasteiger partial charge on any atom is -0.465 e. The van der Waals surface area contributed by atoms with Gasteiger partial charge in [0.2, 0.25) is 0 Å². The number of methoxy groups -OCH3 is 1. The molecule has 1 aromatic carbocycles. The van der Waals surface area contributed by atoms with E-state index >= 15 is 0 Å². The molecule has 0 amide bonds. The van der Waals surface area contributed by atoms with E-state index in [0.29, 0.717) is 45.6 Å². The Morgan fingerprint density at radius 1 is 1.30 bits per heavy atom. The molecule has 2 aromatic heterocycles. The lowest BCUT2D eigenvalue weighted by Gasteiger charge is -2.08. The zero-order valence-electron chi connectivity index (χ0n) is 16.9. The average molecular weight is 428 g/mol. The van der Waals surface area contributed by atoms with Crippen LogP contribution < -0.4 is 0 Å². The summed E-state index contributed by atoms with van der Waals surface area (Å²) < 4.78 is 20.7. The molecule has 0 saturated heterocycles. The Morgan fingerprint density at radius 2 is 2.03 bits per heavy atom. The number of benzene rings is 1. The fourth-order valence-corrected chi connectivity index (χ4v) is 3.99. The molecule has 0 spiro atoms. The number of nitrogens with zero attached hydrogens (tertiary/aromatic N) is 3. The fourth-order valence-electron chi connectivity index (χ4n) is 3.17. The molecule has 0 bridgehead atoms. The number of hydrogen-bond acceptors (Lipinski definition) is 6. The molecule has 0 saturated carbocycles. The highest BCUT2D eigenvalue weighted by Gasteiger charge is 2.23. The molecular weight excluding hydrogens is 407 g/mol. The molecule has 2 heterocycles. The van der Waals surface area contributed by atoms with Crippen LogP contribution in [0.15, 0.2) is 42.1 Å². The Morgan fingerprint density at radius 3 is 2.70 bits per heavy atom. The van der Waals surface area contributed by atoms with Gasteiger partial charge in [-0.1, -0.05) is 30.0 Å². The number of Topliss-reactive ketones (excluding diaryl/α,β-unsaturated/α-hetero) is 1. The predicted octanol–water partition coefficient (Wildman–Crippen LogP) is 3.98. The summed E-state index contributed by atoms with van der Waals surface area (Å²) in [4.78, 5) is 27.7. The Balaban J connectivity index is 1.85. The Hall–Kier alpha value is -3.20. The fraction of sp³-hybridized carbons (Fsp3) is 0.238. The van der Waals surface area contributed by atoms with Crippen molar-refractivity contribution in [3.8, 4) is 11.4 Å². The van der Waals surface area contributed by atoms with Gasteiger partial charge in [0, 0.05) is 12.2 Å². The summed E-state index contributed by atoms with van der Waals surface area (Å²) in [5.74, 6) is -0.670. The van der Waals surface area contributed by atoms with Crippen LogP contribution in [0.5, 0.6) is 0 Å². The van der Waals surface area contributed by atoms with Crippen LogP contribution in [-0.2, 0) is 11.3 Å². The van der Waals surface area contributed by atoms with Gasteiger partial charge in [-0.3, -0.25) is 9.36 Å². The third-order valence-electron chi connectivity index (χ3n) is 4.58. The zero-order chi connectivity index (χ0) is 21.8. The van der Waals surface area contributed by atoms with Gasteiger partial charge in [-0.05, 0) is 31.5 Å². The normalized spacial score (nSPS) is 10.8. The Bertz CT molecular complexity index is 1120. The van der Waals surface area contributed by atoms with Crippen LogP contribution in [0.25, 0.3) is 11.4 Å². The largest absolute Gasteiger partial charge is 0.465 e. The summed E-state index contributed by atoms with van der Waals surface area (Å²) in [7, 11) is 1.30. The molecule has 0 atom stereocenters. The topological polar surface area (TPSA) is 89.9 Å². The van der Waals surface area contributed by atoms with Gasteiger partial charge in [-0.15, -0.1) is 16.8 Å². The number of thioether (sulfide) groups is 1. The number of aryl methyl sites for hydroxylation is 1. The van der Waals surface area contributed by atoms with E-state index in [1.165, 1.54) is 24.9 Å². The van der Waals surface area contributed by atoms with Crippen LogP contribution in [0, 0.1) is 19.7 Å². The van der Waals surface area contributed by atoms with Crippen molar-refractivity contribution in [3.63, 3.8) is 0 Å². The number of H-pyrrole nitrogens is 1. The van der Waals surface area contributed by atoms with Gasteiger partial charge in [0.25, 0.3) is 0 Å². The number of ether oxygens (including phenoxy) is 1. The summed E-state index contributed by atoms with van der Waals surface area (Å²) in [6.07, 6.45) is 1.65. The number of esters is 1. The van der Waals surface area contributed by atoms with Gasteiger partial charge in [-0.2, -0.15) is 0 Å². The van der Waals surface area contributed by atoms with Gasteiger partial charge < -0.3 is 9.72 Å². The highest BCUT2D eigenvalue weighted by molar-refractivity contribution is 7.99. The Kier molecular flexibility index (Phi) is 6.51. The summed E-state index contributed by atoms with van der Waals surface area (Å²) in [6, 6.07) is 6.30. The van der Waals surface area contributed by atoms with Crippen molar-refractivity contribution in [2.75, 3.05) is 12.9 Å². The van der Waals surface area contributed by atoms with Crippen LogP contribution in [-0.4, -0.2) is 44.4 Å². The third-order valence-corrected chi connectivity index (χ3v) is 5.55. The number of aromatic amines is 1. The summed E-state index contributed by atoms with van der Waals surface area (Å²) >= 11 is 1.18. The van der Waals surface area contributed by atoms with Gasteiger partial charge in [-0.25, -0.2) is 9.18 Å². The molecule has 9 heteroatoms. The molecule has 0 fully saturated rings. The molecule has 1 N–H and O–H groups in total. The number of rotatable bonds is 8. The zero-order valence-corrected chi connectivity index (χ0v) is 17.7. The lowest BCUT2D eigenvalue weighted by Crippen LogP contribution is -2.08. The SMILES string of the molecule is C=CCn1c(SCC(=O)c2[nH]c(C)c(C(=O)OC)c2C)nnc1-c1ccccc1F. The van der Waals surface area contributed by atoms with Crippen LogP contribution in [0.3, 0.4) is 0 Å². The number of halogens is 1. The minimum atomic E-state index is -0.492. The average Bonchev–Trinajstić information content (AvgIpc) is 3.26. The van der Waals surface area contributed by atoms with Crippen molar-refractivity contribution < 1.29 is 18.7 Å². The first-order valence-corrected chi connectivity index (χ1v) is 10.1. The van der Waals surface area contributed by atoms with Crippen LogP contribution >= 0.6 is 11.8 Å². The molecule has 156 valence electrons. The molecule has 3 rings (SSSR count). The number of aromatic nitrogens is 4. The second kappa shape index (κ2) is 9.08. The van der Waals surface area contributed by atoms with Crippen molar-refractivity contribution in [2.24, 2.45) is 0 Å². The van der Waals surface area contributed by atoms with Crippen LogP contribution in [0.4, 0.5) is 4.39 Å². The maximum absolute atomic E-state index is 14.2. The van der Waals surface area contributed by atoms with Crippen molar-refractivity contribution >= 4 is 23.5 Å². The van der Waals surface area contributed by atoms with Crippen LogP contribution in [0.2, 0.25) is 0 Å². The van der Waals surface area contributed by atoms with E-state index in [-0.39, 0.29) is 11.5 Å². The lowest BCUT2D eigenvalue weighted by molar-refractivity contribution is 0.0599. The highest BCUT2D eigenvalue weighted by atomic mass is 32.2. The highest BCUT2D eigenvalue weighted by Crippen LogP contribution is 2.27. The number of nitrogens with one attached hydrogen (secondary N) is 1. The molecule has 0 unspecified atom stereocenters. The predicted molar refractivity (Wildman–Crippen MR) is 112 cm³/mol. The number of carbonyl (C=O) groups is 2. The molecular formula is C21H21FN4O3S. The van der Waals surface area contributed by atoms with Crippen molar-refractivity contribution in [1.82, 2.24) is 19.7 Å². The summed E-state index contributed by atoms with van der Waals surface area (Å²) in [5, 5.41) is 8.71. The number of hydrogen-bond donors (Lipinski definition) is 1. The van der Waals surface area contributed by atoms with Gasteiger partial charge in [0.05, 0.1) is 29.7 Å². The first kappa shape index (κ1) is 21.5. The first-order chi connectivity index (χ1) is 14.4. The summed E-state index contributed by atoms with van der Waals surface area (Å²) in [6.45, 7) is 7.50. The van der Waals surface area contributed by atoms with Gasteiger partial charge >= 0.3 is 5.97 Å². The lowest BCUT2D eigenvalue weighted by atomic mass is 10.1. The standard InChI is InChI=1S/C21H21FN4O3S/c1-5-10-26-19(14-8-6-7-9-15(14)22)24-25-21(26)30-11-16(27)18-12(2)17(13(3)23-18)20(28)29-4/h5-9,23H,1,10-11H2,2-4H3. The van der Waals surface area contributed by atoms with E-state index in [0.717, 1.165) is 0 Å². The molecule has 7 nitrogen and oxygen atoms in total. The van der Waals surface area contributed by atoms with Crippen LogP contribution in [0.1, 0.15) is 32.1 Å². The van der Waals surface area contributed by atoms with E-state index in [4.69, 9.17) is 4.74 Å². The van der Waals surface area contributed by atoms with Crippen molar-refractivity contribution in [3.05, 3.63) is 65.3 Å². The van der Waals surface area contributed by atoms with Crippen molar-refractivity contribution in [1.29, 1.82) is 0 Å². The Labute approximate surface area is 177 Å². The number of allylic oxidation sites excluding steroid dienone is 1. The summed E-state index contributed by atoms with van der Waals surface area (Å²) in [5.41, 5.74) is 2.16. The monoisotopic (exact) mass is 428 g/mol. The molecule has 0 aliphatic carbocycles. The molecule has 0 aliphatic rings. The number of carbonyl (C=O) groups excluding carboxylic acids is 2. The minimum absolute atomic E-state index is 0.0634. The maximum Gasteiger partial charge on any atom is 0.339 e. The van der Waals surface area contributed by atoms with Gasteiger partial charge in [0.15, 0.2) is 16.8 Å². The second-order valence-electron chi connectivity index (χ2n) is 6.51. The third kappa shape index (κ3) is 4.06. The van der Waals surface area contributed by atoms with E-state index in [1.54, 1.807) is 42.7 Å². The van der Waals surface area contributed by atoms with E-state index in [1.807, 2.05) is 0 Å². The number of ketones is 1.